The number of hydrogen-bond acceptors (Lipinski definition) is 3. The second kappa shape index (κ2) is 8.67. The highest BCUT2D eigenvalue weighted by atomic mass is 16.1. The van der Waals surface area contributed by atoms with Crippen LogP contribution in [0.5, 0.6) is 0 Å². The van der Waals surface area contributed by atoms with Gasteiger partial charge in [-0.15, -0.1) is 0 Å². The summed E-state index contributed by atoms with van der Waals surface area (Å²) in [6.45, 7) is 0. The summed E-state index contributed by atoms with van der Waals surface area (Å²) in [5.41, 5.74) is 6.09. The molecule has 0 saturated heterocycles. The van der Waals surface area contributed by atoms with E-state index in [-0.39, 0.29) is 5.91 Å². The first-order chi connectivity index (χ1) is 15.7. The van der Waals surface area contributed by atoms with E-state index in [0.29, 0.717) is 12.8 Å². The number of carbonyl (C=O) groups excluding carboxylic acids is 1. The minimum atomic E-state index is -0.0158. The summed E-state index contributed by atoms with van der Waals surface area (Å²) in [4.78, 5) is 25.0. The van der Waals surface area contributed by atoms with Gasteiger partial charge in [-0.25, -0.2) is 9.97 Å². The summed E-state index contributed by atoms with van der Waals surface area (Å²) in [5, 5.41) is 3.02. The molecule has 5 rings (SSSR count). The van der Waals surface area contributed by atoms with Gasteiger partial charge < -0.3 is 14.9 Å². The maximum atomic E-state index is 12.5. The second-order valence-corrected chi connectivity index (χ2v) is 8.02. The highest BCUT2D eigenvalue weighted by Crippen LogP contribution is 2.18. The molecule has 3 aromatic carbocycles. The smallest absolute Gasteiger partial charge is 0.224 e. The normalized spacial score (nSPS) is 11.3. The van der Waals surface area contributed by atoms with Crippen molar-refractivity contribution in [2.45, 2.75) is 25.7 Å². The molecule has 0 unspecified atom stereocenters. The first-order valence-electron chi connectivity index (χ1n) is 10.9. The van der Waals surface area contributed by atoms with Gasteiger partial charge in [0.2, 0.25) is 5.91 Å². The first-order valence-corrected chi connectivity index (χ1v) is 10.9. The lowest BCUT2D eigenvalue weighted by molar-refractivity contribution is -0.116. The molecule has 0 fully saturated rings. The van der Waals surface area contributed by atoms with E-state index >= 15 is 0 Å². The van der Waals surface area contributed by atoms with Crippen LogP contribution in [-0.4, -0.2) is 25.4 Å². The minimum Gasteiger partial charge on any atom is -0.342 e. The third kappa shape index (κ3) is 4.25. The van der Waals surface area contributed by atoms with Crippen LogP contribution in [0.4, 0.5) is 5.69 Å². The van der Waals surface area contributed by atoms with E-state index < -0.39 is 0 Å². The number of benzene rings is 3. The van der Waals surface area contributed by atoms with Gasteiger partial charge in [0.25, 0.3) is 0 Å². The van der Waals surface area contributed by atoms with Crippen LogP contribution in [0.1, 0.15) is 23.6 Å². The number of hydrogen-bond donors (Lipinski definition) is 2. The molecule has 1 amide bonds. The molecular formula is C26H25N5O. The number of amides is 1. The zero-order valence-corrected chi connectivity index (χ0v) is 18.0. The molecular weight excluding hydrogens is 398 g/mol. The number of aryl methyl sites for hydroxylation is 4. The van der Waals surface area contributed by atoms with E-state index in [1.165, 1.54) is 5.56 Å². The number of fused-ring (bicyclic) bond motifs is 2. The van der Waals surface area contributed by atoms with E-state index in [1.54, 1.807) is 0 Å². The van der Waals surface area contributed by atoms with E-state index in [2.05, 4.69) is 39.0 Å². The lowest BCUT2D eigenvalue weighted by Crippen LogP contribution is -2.13. The van der Waals surface area contributed by atoms with Gasteiger partial charge in [-0.05, 0) is 48.4 Å². The number of anilines is 1. The Labute approximate surface area is 186 Å². The van der Waals surface area contributed by atoms with E-state index in [9.17, 15) is 4.79 Å². The SMILES string of the molecule is Cn1c(CCc2cccc(NC(=O)CCc3nc4ccccc4[nH]3)c2)nc2ccccc21. The number of nitrogens with zero attached hydrogens (tertiary/aromatic N) is 3. The average Bonchev–Trinajstić information content (AvgIpc) is 3.37. The molecule has 0 aliphatic carbocycles. The van der Waals surface area contributed by atoms with Crippen LogP contribution >= 0.6 is 0 Å². The number of para-hydroxylation sites is 4. The van der Waals surface area contributed by atoms with Crippen LogP contribution in [0.2, 0.25) is 0 Å². The number of rotatable bonds is 7. The zero-order valence-electron chi connectivity index (χ0n) is 18.0. The van der Waals surface area contributed by atoms with E-state index in [1.807, 2.05) is 60.7 Å². The Hall–Kier alpha value is -3.93. The fourth-order valence-corrected chi connectivity index (χ4v) is 4.06. The van der Waals surface area contributed by atoms with E-state index in [0.717, 1.165) is 52.2 Å². The van der Waals surface area contributed by atoms with Crippen molar-refractivity contribution in [1.82, 2.24) is 19.5 Å². The van der Waals surface area contributed by atoms with Crippen LogP contribution in [0, 0.1) is 0 Å². The van der Waals surface area contributed by atoms with Gasteiger partial charge in [-0.1, -0.05) is 36.4 Å². The Kier molecular flexibility index (Phi) is 5.42. The van der Waals surface area contributed by atoms with Crippen molar-refractivity contribution in [2.75, 3.05) is 5.32 Å². The quantitative estimate of drug-likeness (QED) is 0.395. The van der Waals surface area contributed by atoms with Crippen molar-refractivity contribution in [3.05, 3.63) is 90.0 Å². The molecule has 2 N–H and O–H groups in total. The van der Waals surface area contributed by atoms with Crippen LogP contribution in [0.25, 0.3) is 22.1 Å². The average molecular weight is 424 g/mol. The summed E-state index contributed by atoms with van der Waals surface area (Å²) in [5.74, 6) is 1.88. The summed E-state index contributed by atoms with van der Waals surface area (Å²) in [7, 11) is 2.06. The molecule has 0 radical (unpaired) electrons. The summed E-state index contributed by atoms with van der Waals surface area (Å²) in [6, 6.07) is 24.1. The molecule has 0 aliphatic rings. The monoisotopic (exact) mass is 423 g/mol. The number of aromatic amines is 1. The summed E-state index contributed by atoms with van der Waals surface area (Å²) in [6.07, 6.45) is 2.66. The van der Waals surface area contributed by atoms with Crippen LogP contribution in [0.15, 0.2) is 72.8 Å². The van der Waals surface area contributed by atoms with Crippen LogP contribution in [0.3, 0.4) is 0 Å². The molecule has 0 atom stereocenters. The number of aromatic nitrogens is 4. The third-order valence-corrected chi connectivity index (χ3v) is 5.76. The standard InChI is InChI=1S/C26H25N5O/c1-31-23-12-5-4-11-22(23)30-25(31)15-13-18-7-6-8-19(17-18)27-26(32)16-14-24-28-20-9-2-3-10-21(20)29-24/h2-12,17H,13-16H2,1H3,(H,27,32)(H,28,29). The number of nitrogens with one attached hydrogen (secondary N) is 2. The van der Waals surface area contributed by atoms with Crippen LogP contribution < -0.4 is 5.32 Å². The van der Waals surface area contributed by atoms with Gasteiger partial charge in [-0.3, -0.25) is 4.79 Å². The van der Waals surface area contributed by atoms with Gasteiger partial charge in [-0.2, -0.15) is 0 Å². The predicted octanol–water partition coefficient (Wildman–Crippen LogP) is 4.81. The molecule has 2 heterocycles. The fraction of sp³-hybridized carbons (Fsp3) is 0.192. The topological polar surface area (TPSA) is 75.6 Å². The van der Waals surface area contributed by atoms with Crippen molar-refractivity contribution in [1.29, 1.82) is 0 Å². The van der Waals surface area contributed by atoms with Crippen LogP contribution in [-0.2, 0) is 31.1 Å². The van der Waals surface area contributed by atoms with Crippen molar-refractivity contribution >= 4 is 33.7 Å². The maximum absolute atomic E-state index is 12.5. The van der Waals surface area contributed by atoms with Gasteiger partial charge in [0.05, 0.1) is 22.1 Å². The molecule has 5 aromatic rings. The molecule has 160 valence electrons. The molecule has 0 bridgehead atoms. The Morgan fingerprint density at radius 3 is 2.56 bits per heavy atom. The lowest BCUT2D eigenvalue weighted by atomic mass is 10.1. The Morgan fingerprint density at radius 1 is 0.906 bits per heavy atom. The largest absolute Gasteiger partial charge is 0.342 e. The van der Waals surface area contributed by atoms with Crippen molar-refractivity contribution in [3.8, 4) is 0 Å². The second-order valence-electron chi connectivity index (χ2n) is 8.02. The highest BCUT2D eigenvalue weighted by molar-refractivity contribution is 5.91. The minimum absolute atomic E-state index is 0.0158. The van der Waals surface area contributed by atoms with Crippen molar-refractivity contribution < 1.29 is 4.79 Å². The molecule has 32 heavy (non-hydrogen) atoms. The highest BCUT2D eigenvalue weighted by Gasteiger charge is 2.09. The molecule has 0 saturated carbocycles. The number of H-pyrrole nitrogens is 1. The number of imidazole rings is 2. The molecule has 6 heteroatoms. The summed E-state index contributed by atoms with van der Waals surface area (Å²) < 4.78 is 2.15. The van der Waals surface area contributed by atoms with Gasteiger partial charge in [0.1, 0.15) is 11.6 Å². The maximum Gasteiger partial charge on any atom is 0.224 e. The first kappa shape index (κ1) is 20.0. The summed E-state index contributed by atoms with van der Waals surface area (Å²) >= 11 is 0. The van der Waals surface area contributed by atoms with Gasteiger partial charge >= 0.3 is 0 Å². The Balaban J connectivity index is 1.18. The van der Waals surface area contributed by atoms with Gasteiger partial charge in [0, 0.05) is 32.0 Å². The van der Waals surface area contributed by atoms with Crippen molar-refractivity contribution in [2.24, 2.45) is 7.05 Å². The fourth-order valence-electron chi connectivity index (χ4n) is 4.06. The zero-order chi connectivity index (χ0) is 21.9. The third-order valence-electron chi connectivity index (χ3n) is 5.76. The Morgan fingerprint density at radius 2 is 1.72 bits per heavy atom. The molecule has 2 aromatic heterocycles. The number of carbonyl (C=O) groups is 1. The predicted molar refractivity (Wildman–Crippen MR) is 128 cm³/mol. The molecule has 0 spiro atoms. The van der Waals surface area contributed by atoms with Gasteiger partial charge in [0.15, 0.2) is 0 Å². The van der Waals surface area contributed by atoms with Crippen molar-refractivity contribution in [3.63, 3.8) is 0 Å². The lowest BCUT2D eigenvalue weighted by Gasteiger charge is -2.08. The Bertz CT molecular complexity index is 1360. The van der Waals surface area contributed by atoms with E-state index in [4.69, 9.17) is 4.98 Å². The molecule has 0 aliphatic heterocycles. The molecule has 6 nitrogen and oxygen atoms in total.